The average molecular weight is 399 g/mol. The van der Waals surface area contributed by atoms with Crippen LogP contribution in [0, 0.1) is 23.7 Å². The fourth-order valence-electron chi connectivity index (χ4n) is 6.28. The fourth-order valence-corrected chi connectivity index (χ4v) is 6.28. The molecule has 5 fully saturated rings. The summed E-state index contributed by atoms with van der Waals surface area (Å²) in [4.78, 5) is 24.3. The van der Waals surface area contributed by atoms with Crippen LogP contribution in [0.1, 0.15) is 57.8 Å². The summed E-state index contributed by atoms with van der Waals surface area (Å²) in [6, 6.07) is -0.0868. The molecule has 6 nitrogen and oxygen atoms in total. The van der Waals surface area contributed by atoms with E-state index >= 15 is 0 Å². The Kier molecular flexibility index (Phi) is 6.90. The molecule has 1 heterocycles. The molecule has 1 aliphatic heterocycles. The van der Waals surface area contributed by atoms with E-state index in [1.807, 2.05) is 0 Å². The second-order valence-corrected chi connectivity index (χ2v) is 9.35. The van der Waals surface area contributed by atoms with Gasteiger partial charge in [-0.15, -0.1) is 12.4 Å². The molecule has 1 saturated heterocycles. The number of urea groups is 1. The normalized spacial score (nSPS) is 36.6. The second kappa shape index (κ2) is 8.99. The van der Waals surface area contributed by atoms with Gasteiger partial charge in [-0.2, -0.15) is 0 Å². The number of halogens is 1. The predicted octanol–water partition coefficient (Wildman–Crippen LogP) is 2.18. The van der Waals surface area contributed by atoms with Crippen molar-refractivity contribution < 1.29 is 9.59 Å². The number of amides is 3. The number of hydrogen-bond acceptors (Lipinski definition) is 3. The van der Waals surface area contributed by atoms with E-state index < -0.39 is 0 Å². The van der Waals surface area contributed by atoms with Crippen LogP contribution in [0.3, 0.4) is 0 Å². The van der Waals surface area contributed by atoms with E-state index in [0.717, 1.165) is 56.7 Å². The van der Waals surface area contributed by atoms with E-state index in [9.17, 15) is 9.59 Å². The molecule has 154 valence electrons. The molecule has 7 heteroatoms. The topological polar surface area (TPSA) is 82.3 Å². The SMILES string of the molecule is Cl.O=C(CCNC(=O)NC12CC3CC(CC(C3)C1)C2)NCC1CCCNC1. The summed E-state index contributed by atoms with van der Waals surface area (Å²) in [6.07, 6.45) is 10.3. The number of hydrogen-bond donors (Lipinski definition) is 4. The fraction of sp³-hybridized carbons (Fsp3) is 0.900. The van der Waals surface area contributed by atoms with Crippen LogP contribution < -0.4 is 21.3 Å². The van der Waals surface area contributed by atoms with Crippen molar-refractivity contribution in [1.29, 1.82) is 0 Å². The summed E-state index contributed by atoms with van der Waals surface area (Å²) >= 11 is 0. The third-order valence-electron chi connectivity index (χ3n) is 7.04. The van der Waals surface area contributed by atoms with Crippen molar-refractivity contribution in [1.82, 2.24) is 21.3 Å². The summed E-state index contributed by atoms with van der Waals surface area (Å²) < 4.78 is 0. The minimum absolute atomic E-state index is 0. The van der Waals surface area contributed by atoms with Gasteiger partial charge in [0.2, 0.25) is 5.91 Å². The van der Waals surface area contributed by atoms with Crippen molar-refractivity contribution >= 4 is 24.3 Å². The molecular formula is C20H35ClN4O2. The van der Waals surface area contributed by atoms with Crippen molar-refractivity contribution in [3.05, 3.63) is 0 Å². The molecule has 0 aromatic heterocycles. The standard InChI is InChI=1S/C20H34N4O2.ClH/c25-18(23-13-14-2-1-4-21-12-14)3-5-22-19(26)24-20-9-15-6-16(10-20)8-17(7-15)11-20;/h14-17,21H,1-13H2,(H,23,25)(H2,22,24,26);1H. The summed E-state index contributed by atoms with van der Waals surface area (Å²) in [6.45, 7) is 3.23. The first-order chi connectivity index (χ1) is 12.6. The average Bonchev–Trinajstić information content (AvgIpc) is 2.59. The Labute approximate surface area is 168 Å². The van der Waals surface area contributed by atoms with Crippen molar-refractivity contribution in [3.63, 3.8) is 0 Å². The summed E-state index contributed by atoms with van der Waals surface area (Å²) in [5.41, 5.74) is 0.0368. The maximum atomic E-state index is 12.4. The van der Waals surface area contributed by atoms with E-state index in [0.29, 0.717) is 18.9 Å². The highest BCUT2D eigenvalue weighted by Gasteiger charge is 2.51. The molecule has 0 spiro atoms. The molecule has 0 radical (unpaired) electrons. The highest BCUT2D eigenvalue weighted by molar-refractivity contribution is 5.85. The van der Waals surface area contributed by atoms with E-state index in [-0.39, 0.29) is 29.9 Å². The number of carbonyl (C=O) groups excluding carboxylic acids is 2. The highest BCUT2D eigenvalue weighted by atomic mass is 35.5. The zero-order valence-electron chi connectivity index (χ0n) is 16.2. The Morgan fingerprint density at radius 3 is 2.26 bits per heavy atom. The molecule has 5 aliphatic rings. The monoisotopic (exact) mass is 398 g/mol. The van der Waals surface area contributed by atoms with Gasteiger partial charge in [0.05, 0.1) is 0 Å². The predicted molar refractivity (Wildman–Crippen MR) is 108 cm³/mol. The molecule has 5 rings (SSSR count). The molecule has 1 unspecified atom stereocenters. The molecule has 4 N–H and O–H groups in total. The van der Waals surface area contributed by atoms with E-state index in [4.69, 9.17) is 0 Å². The Hall–Kier alpha value is -1.01. The number of nitrogens with one attached hydrogen (secondary N) is 4. The van der Waals surface area contributed by atoms with Crippen LogP contribution >= 0.6 is 12.4 Å². The Balaban J connectivity index is 0.00000210. The lowest BCUT2D eigenvalue weighted by Crippen LogP contribution is -2.61. The summed E-state index contributed by atoms with van der Waals surface area (Å²) in [5.74, 6) is 3.04. The van der Waals surface area contributed by atoms with Crippen LogP contribution in [0.25, 0.3) is 0 Å². The molecule has 0 aromatic carbocycles. The molecule has 0 aromatic rings. The molecule has 3 amide bonds. The van der Waals surface area contributed by atoms with Gasteiger partial charge in [-0.1, -0.05) is 0 Å². The largest absolute Gasteiger partial charge is 0.356 e. The molecule has 27 heavy (non-hydrogen) atoms. The highest BCUT2D eigenvalue weighted by Crippen LogP contribution is 2.55. The molecule has 4 saturated carbocycles. The zero-order valence-corrected chi connectivity index (χ0v) is 17.0. The second-order valence-electron chi connectivity index (χ2n) is 9.35. The van der Waals surface area contributed by atoms with Gasteiger partial charge in [0.15, 0.2) is 0 Å². The van der Waals surface area contributed by atoms with Gasteiger partial charge in [-0.25, -0.2) is 4.79 Å². The van der Waals surface area contributed by atoms with Gasteiger partial charge in [-0.05, 0) is 88.1 Å². The third kappa shape index (κ3) is 5.29. The van der Waals surface area contributed by atoms with Crippen molar-refractivity contribution in [2.45, 2.75) is 63.3 Å². The van der Waals surface area contributed by atoms with Crippen molar-refractivity contribution in [2.75, 3.05) is 26.2 Å². The Morgan fingerprint density at radius 2 is 1.67 bits per heavy atom. The summed E-state index contributed by atoms with van der Waals surface area (Å²) in [7, 11) is 0. The van der Waals surface area contributed by atoms with Crippen LogP contribution in [0.2, 0.25) is 0 Å². The first kappa shape index (κ1) is 20.7. The Morgan fingerprint density at radius 1 is 1.00 bits per heavy atom. The number of piperidine rings is 1. The molecule has 4 aliphatic carbocycles. The van der Waals surface area contributed by atoms with E-state index in [2.05, 4.69) is 21.3 Å². The van der Waals surface area contributed by atoms with Gasteiger partial charge >= 0.3 is 6.03 Å². The van der Waals surface area contributed by atoms with Gasteiger partial charge in [0.25, 0.3) is 0 Å². The van der Waals surface area contributed by atoms with Crippen LogP contribution in [0.5, 0.6) is 0 Å². The molecule has 1 atom stereocenters. The van der Waals surface area contributed by atoms with Gasteiger partial charge < -0.3 is 21.3 Å². The zero-order chi connectivity index (χ0) is 18.0. The van der Waals surface area contributed by atoms with Gasteiger partial charge in [0, 0.05) is 25.0 Å². The maximum absolute atomic E-state index is 12.4. The maximum Gasteiger partial charge on any atom is 0.315 e. The quantitative estimate of drug-likeness (QED) is 0.553. The van der Waals surface area contributed by atoms with Crippen LogP contribution in [0.15, 0.2) is 0 Å². The van der Waals surface area contributed by atoms with Crippen LogP contribution in [0.4, 0.5) is 4.79 Å². The molecule has 4 bridgehead atoms. The third-order valence-corrected chi connectivity index (χ3v) is 7.04. The van der Waals surface area contributed by atoms with Crippen molar-refractivity contribution in [3.8, 4) is 0 Å². The smallest absolute Gasteiger partial charge is 0.315 e. The van der Waals surface area contributed by atoms with Gasteiger partial charge in [-0.3, -0.25) is 4.79 Å². The number of carbonyl (C=O) groups is 2. The minimum atomic E-state index is -0.0868. The van der Waals surface area contributed by atoms with E-state index in [1.54, 1.807) is 0 Å². The van der Waals surface area contributed by atoms with Crippen molar-refractivity contribution in [2.24, 2.45) is 23.7 Å². The number of rotatable bonds is 6. The first-order valence-corrected chi connectivity index (χ1v) is 10.6. The molecular weight excluding hydrogens is 364 g/mol. The lowest BCUT2D eigenvalue weighted by molar-refractivity contribution is -0.121. The lowest BCUT2D eigenvalue weighted by atomic mass is 9.53. The lowest BCUT2D eigenvalue weighted by Gasteiger charge is -2.56. The Bertz CT molecular complexity index is 501. The van der Waals surface area contributed by atoms with E-state index in [1.165, 1.54) is 32.1 Å². The van der Waals surface area contributed by atoms with Crippen LogP contribution in [-0.2, 0) is 4.79 Å². The summed E-state index contributed by atoms with van der Waals surface area (Å²) in [5, 5.41) is 12.6. The van der Waals surface area contributed by atoms with Gasteiger partial charge in [0.1, 0.15) is 0 Å². The first-order valence-electron chi connectivity index (χ1n) is 10.6. The van der Waals surface area contributed by atoms with Crippen LogP contribution in [-0.4, -0.2) is 43.7 Å². The minimum Gasteiger partial charge on any atom is -0.356 e.